The van der Waals surface area contributed by atoms with Gasteiger partial charge in [-0.25, -0.2) is 0 Å². The average Bonchev–Trinajstić information content (AvgIpc) is 2.67. The zero-order valence-corrected chi connectivity index (χ0v) is 13.6. The molecule has 5 heteroatoms. The second kappa shape index (κ2) is 7.95. The Bertz CT molecular complexity index is 679. The summed E-state index contributed by atoms with van der Waals surface area (Å²) >= 11 is 0. The van der Waals surface area contributed by atoms with Crippen LogP contribution < -0.4 is 5.32 Å². The van der Waals surface area contributed by atoms with Gasteiger partial charge in [-0.3, -0.25) is 4.79 Å². The van der Waals surface area contributed by atoms with Gasteiger partial charge in [-0.1, -0.05) is 30.3 Å². The molecule has 1 aliphatic rings. The number of nitrogens with one attached hydrogen (secondary N) is 1. The number of anilines is 1. The monoisotopic (exact) mass is 326 g/mol. The maximum Gasteiger partial charge on any atom is 0.254 e. The van der Waals surface area contributed by atoms with E-state index in [1.165, 1.54) is 0 Å². The summed E-state index contributed by atoms with van der Waals surface area (Å²) in [6.45, 7) is 3.22. The average molecular weight is 326 g/mol. The highest BCUT2D eigenvalue weighted by atomic mass is 16.5. The first kappa shape index (κ1) is 16.5. The summed E-state index contributed by atoms with van der Waals surface area (Å²) in [7, 11) is 0. The topological polar surface area (TPSA) is 61.8 Å². The summed E-state index contributed by atoms with van der Waals surface area (Å²) in [5.74, 6) is 0.0502. The molecule has 1 fully saturated rings. The molecule has 1 saturated heterocycles. The molecule has 0 unspecified atom stereocenters. The molecule has 1 heterocycles. The molecule has 2 N–H and O–H groups in total. The molecule has 0 aromatic heterocycles. The number of nitrogens with zero attached hydrogens (tertiary/aromatic N) is 1. The first-order valence-electron chi connectivity index (χ1n) is 8.16. The predicted octanol–water partition coefficient (Wildman–Crippen LogP) is 2.26. The number of aliphatic hydroxyl groups is 1. The van der Waals surface area contributed by atoms with E-state index in [4.69, 9.17) is 9.84 Å². The quantitative estimate of drug-likeness (QED) is 0.885. The van der Waals surface area contributed by atoms with Crippen molar-refractivity contribution in [1.29, 1.82) is 0 Å². The summed E-state index contributed by atoms with van der Waals surface area (Å²) in [5, 5.41) is 12.4. The van der Waals surface area contributed by atoms with Crippen LogP contribution in [0.15, 0.2) is 48.5 Å². The predicted molar refractivity (Wildman–Crippen MR) is 92.9 cm³/mol. The van der Waals surface area contributed by atoms with Crippen LogP contribution in [-0.4, -0.2) is 42.2 Å². The largest absolute Gasteiger partial charge is 0.392 e. The standard InChI is InChI=1S/C19H22N2O3/c22-14-16-6-4-15(5-7-16)13-20-18-3-1-2-17(12-18)19(23)21-8-10-24-11-9-21/h1-7,12,20,22H,8-11,13-14H2. The lowest BCUT2D eigenvalue weighted by molar-refractivity contribution is 0.0303. The van der Waals surface area contributed by atoms with Gasteiger partial charge >= 0.3 is 0 Å². The van der Waals surface area contributed by atoms with Crippen LogP contribution in [0.3, 0.4) is 0 Å². The summed E-state index contributed by atoms with van der Waals surface area (Å²) in [6, 6.07) is 15.4. The van der Waals surface area contributed by atoms with Crippen LogP contribution in [0.5, 0.6) is 0 Å². The van der Waals surface area contributed by atoms with Crippen molar-refractivity contribution in [2.45, 2.75) is 13.2 Å². The minimum Gasteiger partial charge on any atom is -0.392 e. The molecule has 5 nitrogen and oxygen atoms in total. The summed E-state index contributed by atoms with van der Waals surface area (Å²) in [5.41, 5.74) is 3.63. The van der Waals surface area contributed by atoms with Gasteiger partial charge in [0, 0.05) is 30.9 Å². The van der Waals surface area contributed by atoms with Crippen molar-refractivity contribution in [2.24, 2.45) is 0 Å². The summed E-state index contributed by atoms with van der Waals surface area (Å²) in [6.07, 6.45) is 0. The van der Waals surface area contributed by atoms with E-state index in [9.17, 15) is 4.79 Å². The fourth-order valence-corrected chi connectivity index (χ4v) is 2.68. The first-order valence-corrected chi connectivity index (χ1v) is 8.16. The van der Waals surface area contributed by atoms with Crippen molar-refractivity contribution in [1.82, 2.24) is 4.90 Å². The molecule has 0 atom stereocenters. The van der Waals surface area contributed by atoms with Crippen molar-refractivity contribution >= 4 is 11.6 Å². The molecule has 3 rings (SSSR count). The molecular weight excluding hydrogens is 304 g/mol. The van der Waals surface area contributed by atoms with Gasteiger partial charge in [0.1, 0.15) is 0 Å². The van der Waals surface area contributed by atoms with Crippen LogP contribution in [0, 0.1) is 0 Å². The highest BCUT2D eigenvalue weighted by Crippen LogP contribution is 2.15. The van der Waals surface area contributed by atoms with Crippen LogP contribution in [0.2, 0.25) is 0 Å². The number of ether oxygens (including phenoxy) is 1. The van der Waals surface area contributed by atoms with E-state index in [1.807, 2.05) is 53.4 Å². The smallest absolute Gasteiger partial charge is 0.254 e. The van der Waals surface area contributed by atoms with Crippen LogP contribution in [0.1, 0.15) is 21.5 Å². The van der Waals surface area contributed by atoms with E-state index in [0.29, 0.717) is 38.4 Å². The zero-order chi connectivity index (χ0) is 16.8. The Morgan fingerprint density at radius 2 is 1.79 bits per heavy atom. The lowest BCUT2D eigenvalue weighted by atomic mass is 10.1. The van der Waals surface area contributed by atoms with E-state index in [2.05, 4.69) is 5.32 Å². The molecule has 0 radical (unpaired) electrons. The fraction of sp³-hybridized carbons (Fsp3) is 0.316. The molecule has 1 aliphatic heterocycles. The third-order valence-electron chi connectivity index (χ3n) is 4.11. The fourth-order valence-electron chi connectivity index (χ4n) is 2.68. The van der Waals surface area contributed by atoms with Crippen LogP contribution in [0.25, 0.3) is 0 Å². The SMILES string of the molecule is O=C(c1cccc(NCc2ccc(CO)cc2)c1)N1CCOCC1. The van der Waals surface area contributed by atoms with Crippen LogP contribution in [-0.2, 0) is 17.9 Å². The van der Waals surface area contributed by atoms with Gasteiger partial charge < -0.3 is 20.1 Å². The Morgan fingerprint density at radius 3 is 2.50 bits per heavy atom. The zero-order valence-electron chi connectivity index (χ0n) is 13.6. The molecule has 24 heavy (non-hydrogen) atoms. The molecule has 0 saturated carbocycles. The number of hydrogen-bond donors (Lipinski definition) is 2. The van der Waals surface area contributed by atoms with Crippen molar-refractivity contribution in [3.63, 3.8) is 0 Å². The molecule has 0 bridgehead atoms. The van der Waals surface area contributed by atoms with Gasteiger partial charge in [0.25, 0.3) is 5.91 Å². The summed E-state index contributed by atoms with van der Waals surface area (Å²) < 4.78 is 5.29. The Labute approximate surface area is 141 Å². The van der Waals surface area contributed by atoms with E-state index in [1.54, 1.807) is 0 Å². The number of rotatable bonds is 5. The Kier molecular flexibility index (Phi) is 5.46. The minimum atomic E-state index is 0.0502. The number of carbonyl (C=O) groups is 1. The van der Waals surface area contributed by atoms with Gasteiger partial charge in [0.15, 0.2) is 0 Å². The second-order valence-electron chi connectivity index (χ2n) is 5.81. The highest BCUT2D eigenvalue weighted by Gasteiger charge is 2.18. The Morgan fingerprint density at radius 1 is 1.08 bits per heavy atom. The lowest BCUT2D eigenvalue weighted by Gasteiger charge is -2.27. The van der Waals surface area contributed by atoms with E-state index >= 15 is 0 Å². The molecule has 1 amide bonds. The molecule has 0 spiro atoms. The van der Waals surface area contributed by atoms with Gasteiger partial charge in [-0.15, -0.1) is 0 Å². The lowest BCUT2D eigenvalue weighted by Crippen LogP contribution is -2.40. The maximum atomic E-state index is 12.5. The van der Waals surface area contributed by atoms with Crippen LogP contribution >= 0.6 is 0 Å². The second-order valence-corrected chi connectivity index (χ2v) is 5.81. The van der Waals surface area contributed by atoms with E-state index in [0.717, 1.165) is 16.8 Å². The minimum absolute atomic E-state index is 0.0502. The van der Waals surface area contributed by atoms with Crippen LogP contribution in [0.4, 0.5) is 5.69 Å². The normalized spacial score (nSPS) is 14.5. The van der Waals surface area contributed by atoms with Gasteiger partial charge in [0.05, 0.1) is 19.8 Å². The number of aliphatic hydroxyl groups excluding tert-OH is 1. The maximum absolute atomic E-state index is 12.5. The number of morpholine rings is 1. The van der Waals surface area contributed by atoms with Gasteiger partial charge in [0.2, 0.25) is 0 Å². The Hall–Kier alpha value is -2.37. The van der Waals surface area contributed by atoms with Crippen molar-refractivity contribution in [3.8, 4) is 0 Å². The Balaban J connectivity index is 1.62. The third kappa shape index (κ3) is 4.13. The number of amides is 1. The van der Waals surface area contributed by atoms with Gasteiger partial charge in [-0.05, 0) is 29.3 Å². The van der Waals surface area contributed by atoms with Crippen molar-refractivity contribution in [2.75, 3.05) is 31.6 Å². The van der Waals surface area contributed by atoms with E-state index in [-0.39, 0.29) is 12.5 Å². The first-order chi connectivity index (χ1) is 11.8. The molecule has 2 aromatic carbocycles. The summed E-state index contributed by atoms with van der Waals surface area (Å²) in [4.78, 5) is 14.3. The molecular formula is C19H22N2O3. The number of hydrogen-bond acceptors (Lipinski definition) is 4. The molecule has 2 aromatic rings. The highest BCUT2D eigenvalue weighted by molar-refractivity contribution is 5.95. The molecule has 126 valence electrons. The number of benzene rings is 2. The third-order valence-corrected chi connectivity index (χ3v) is 4.11. The molecule has 0 aliphatic carbocycles. The van der Waals surface area contributed by atoms with Gasteiger partial charge in [-0.2, -0.15) is 0 Å². The van der Waals surface area contributed by atoms with E-state index < -0.39 is 0 Å². The van der Waals surface area contributed by atoms with Crippen molar-refractivity contribution in [3.05, 3.63) is 65.2 Å². The van der Waals surface area contributed by atoms with Crippen molar-refractivity contribution < 1.29 is 14.6 Å². The number of carbonyl (C=O) groups excluding carboxylic acids is 1.